The van der Waals surface area contributed by atoms with Crippen LogP contribution >= 0.6 is 0 Å². The predicted octanol–water partition coefficient (Wildman–Crippen LogP) is 4.18. The summed E-state index contributed by atoms with van der Waals surface area (Å²) in [4.78, 5) is 16.4. The Labute approximate surface area is 188 Å². The maximum atomic E-state index is 12.2. The number of carbonyl (C=O) groups excluding carboxylic acids is 1. The summed E-state index contributed by atoms with van der Waals surface area (Å²) in [7, 11) is 0. The van der Waals surface area contributed by atoms with Gasteiger partial charge in [-0.3, -0.25) is 9.69 Å². The lowest BCUT2D eigenvalue weighted by Gasteiger charge is -2.42. The quantitative estimate of drug-likeness (QED) is 0.778. The van der Waals surface area contributed by atoms with Crippen molar-refractivity contribution in [1.82, 2.24) is 9.80 Å². The van der Waals surface area contributed by atoms with Gasteiger partial charge in [0.1, 0.15) is 18.0 Å². The molecule has 1 unspecified atom stereocenters. The van der Waals surface area contributed by atoms with Crippen molar-refractivity contribution in [1.29, 1.82) is 0 Å². The molecule has 1 atom stereocenters. The van der Waals surface area contributed by atoms with E-state index in [1.807, 2.05) is 18.2 Å². The average Bonchev–Trinajstić information content (AvgIpc) is 2.88. The molecule has 1 aromatic carbocycles. The first-order chi connectivity index (χ1) is 14.5. The minimum Gasteiger partial charge on any atom is -0.490 e. The smallest absolute Gasteiger partial charge is 0.219 e. The highest BCUT2D eigenvalue weighted by molar-refractivity contribution is 5.73. The van der Waals surface area contributed by atoms with Gasteiger partial charge in [-0.1, -0.05) is 26.8 Å². The summed E-state index contributed by atoms with van der Waals surface area (Å²) in [6, 6.07) is 6.49. The third-order valence-corrected chi connectivity index (χ3v) is 7.51. The van der Waals surface area contributed by atoms with Crippen LogP contribution in [0.15, 0.2) is 18.2 Å². The standard InChI is InChI=1S/C26H42N2O3/c1-19-7-12-24(15-20(19)2)31-18-26(30)16-27(21(3)29)13-14-28(17-26)23-10-8-22(9-11-23)25(4,5)6/h7,12,15,22-23,30H,8-11,13-14,16-18H2,1-6H3. The molecular formula is C26H42N2O3. The van der Waals surface area contributed by atoms with E-state index < -0.39 is 5.60 Å². The number of hydrogen-bond acceptors (Lipinski definition) is 4. The Kier molecular flexibility index (Phi) is 7.37. The average molecular weight is 431 g/mol. The molecule has 1 amide bonds. The lowest BCUT2D eigenvalue weighted by Crippen LogP contribution is -2.53. The highest BCUT2D eigenvalue weighted by Gasteiger charge is 2.40. The van der Waals surface area contributed by atoms with Gasteiger partial charge in [0.05, 0.1) is 6.54 Å². The number of aryl methyl sites for hydroxylation is 2. The van der Waals surface area contributed by atoms with Crippen molar-refractivity contribution in [2.75, 3.05) is 32.8 Å². The largest absolute Gasteiger partial charge is 0.490 e. The van der Waals surface area contributed by atoms with E-state index in [0.29, 0.717) is 31.1 Å². The van der Waals surface area contributed by atoms with Crippen LogP contribution in [-0.2, 0) is 4.79 Å². The maximum absolute atomic E-state index is 12.2. The third kappa shape index (κ3) is 6.23. The SMILES string of the molecule is CC(=O)N1CCN(C2CCC(C(C)(C)C)CC2)CC(O)(COc2ccc(C)c(C)c2)C1. The molecule has 1 aliphatic heterocycles. The lowest BCUT2D eigenvalue weighted by molar-refractivity contribution is -0.132. The molecule has 1 N–H and O–H groups in total. The predicted molar refractivity (Wildman–Crippen MR) is 125 cm³/mol. The molecule has 0 radical (unpaired) electrons. The summed E-state index contributed by atoms with van der Waals surface area (Å²) in [5.41, 5.74) is 1.67. The molecule has 1 aromatic rings. The van der Waals surface area contributed by atoms with Crippen LogP contribution in [0.2, 0.25) is 0 Å². The van der Waals surface area contributed by atoms with Gasteiger partial charge in [-0.05, 0) is 74.1 Å². The number of ether oxygens (including phenoxy) is 1. The zero-order valence-electron chi connectivity index (χ0n) is 20.4. The van der Waals surface area contributed by atoms with Crippen molar-refractivity contribution in [3.05, 3.63) is 29.3 Å². The van der Waals surface area contributed by atoms with Crippen LogP contribution in [-0.4, -0.2) is 65.2 Å². The zero-order chi connectivity index (χ0) is 22.8. The molecule has 31 heavy (non-hydrogen) atoms. The van der Waals surface area contributed by atoms with Crippen molar-refractivity contribution in [3.63, 3.8) is 0 Å². The van der Waals surface area contributed by atoms with Crippen molar-refractivity contribution in [2.45, 2.75) is 78.9 Å². The second-order valence-corrected chi connectivity index (χ2v) is 11.0. The van der Waals surface area contributed by atoms with Gasteiger partial charge in [-0.25, -0.2) is 0 Å². The van der Waals surface area contributed by atoms with E-state index >= 15 is 0 Å². The molecule has 174 valence electrons. The van der Waals surface area contributed by atoms with Crippen LogP contribution in [0, 0.1) is 25.2 Å². The van der Waals surface area contributed by atoms with Crippen LogP contribution in [0.5, 0.6) is 5.75 Å². The summed E-state index contributed by atoms with van der Waals surface area (Å²) in [5, 5.41) is 11.6. The Balaban J connectivity index is 1.70. The molecule has 0 spiro atoms. The molecule has 5 heteroatoms. The molecular weight excluding hydrogens is 388 g/mol. The lowest BCUT2D eigenvalue weighted by atomic mass is 9.71. The summed E-state index contributed by atoms with van der Waals surface area (Å²) in [6.45, 7) is 15.3. The first-order valence-electron chi connectivity index (χ1n) is 11.9. The topological polar surface area (TPSA) is 53.0 Å². The molecule has 5 nitrogen and oxygen atoms in total. The fourth-order valence-corrected chi connectivity index (χ4v) is 5.19. The molecule has 3 rings (SSSR count). The van der Waals surface area contributed by atoms with E-state index in [1.54, 1.807) is 11.8 Å². The van der Waals surface area contributed by atoms with E-state index in [2.05, 4.69) is 39.5 Å². The van der Waals surface area contributed by atoms with Gasteiger partial charge in [0.2, 0.25) is 5.91 Å². The first-order valence-corrected chi connectivity index (χ1v) is 11.9. The van der Waals surface area contributed by atoms with Gasteiger partial charge in [0, 0.05) is 32.6 Å². The Hall–Kier alpha value is -1.59. The van der Waals surface area contributed by atoms with Gasteiger partial charge in [-0.15, -0.1) is 0 Å². The molecule has 1 heterocycles. The Bertz CT molecular complexity index is 764. The monoisotopic (exact) mass is 430 g/mol. The number of carbonyl (C=O) groups is 1. The fourth-order valence-electron chi connectivity index (χ4n) is 5.19. The minimum absolute atomic E-state index is 0.0166. The number of nitrogens with zero attached hydrogens (tertiary/aromatic N) is 2. The van der Waals surface area contributed by atoms with Crippen molar-refractivity contribution >= 4 is 5.91 Å². The molecule has 2 fully saturated rings. The number of amides is 1. The third-order valence-electron chi connectivity index (χ3n) is 7.51. The number of rotatable bonds is 4. The Morgan fingerprint density at radius 3 is 2.35 bits per heavy atom. The number of aliphatic hydroxyl groups is 1. The van der Waals surface area contributed by atoms with Crippen LogP contribution in [0.4, 0.5) is 0 Å². The second-order valence-electron chi connectivity index (χ2n) is 11.0. The van der Waals surface area contributed by atoms with Crippen molar-refractivity contribution in [3.8, 4) is 5.75 Å². The maximum Gasteiger partial charge on any atom is 0.219 e. The number of β-amino-alcohol motifs (C(OH)–C–C–N with tert-alkyl or cyclic N) is 1. The molecule has 0 bridgehead atoms. The zero-order valence-corrected chi connectivity index (χ0v) is 20.4. The minimum atomic E-state index is -1.08. The normalized spacial score (nSPS) is 28.3. The van der Waals surface area contributed by atoms with Crippen LogP contribution in [0.25, 0.3) is 0 Å². The number of hydrogen-bond donors (Lipinski definition) is 1. The van der Waals surface area contributed by atoms with Crippen molar-refractivity contribution in [2.24, 2.45) is 11.3 Å². The number of benzene rings is 1. The van der Waals surface area contributed by atoms with Crippen molar-refractivity contribution < 1.29 is 14.6 Å². The molecule has 1 saturated heterocycles. The van der Waals surface area contributed by atoms with Gasteiger partial charge in [0.15, 0.2) is 0 Å². The summed E-state index contributed by atoms with van der Waals surface area (Å²) >= 11 is 0. The van der Waals surface area contributed by atoms with Crippen LogP contribution < -0.4 is 4.74 Å². The second kappa shape index (κ2) is 9.50. The molecule has 0 aromatic heterocycles. The Morgan fingerprint density at radius 1 is 1.10 bits per heavy atom. The molecule has 1 saturated carbocycles. The van der Waals surface area contributed by atoms with Gasteiger partial charge < -0.3 is 14.7 Å². The van der Waals surface area contributed by atoms with E-state index in [4.69, 9.17) is 4.74 Å². The highest BCUT2D eigenvalue weighted by Crippen LogP contribution is 2.39. The van der Waals surface area contributed by atoms with E-state index in [-0.39, 0.29) is 12.5 Å². The van der Waals surface area contributed by atoms with Gasteiger partial charge >= 0.3 is 0 Å². The van der Waals surface area contributed by atoms with Gasteiger partial charge in [-0.2, -0.15) is 0 Å². The van der Waals surface area contributed by atoms with E-state index in [0.717, 1.165) is 31.1 Å². The van der Waals surface area contributed by atoms with E-state index in [9.17, 15) is 9.90 Å². The summed E-state index contributed by atoms with van der Waals surface area (Å²) < 4.78 is 6.05. The highest BCUT2D eigenvalue weighted by atomic mass is 16.5. The Morgan fingerprint density at radius 2 is 1.77 bits per heavy atom. The molecule has 1 aliphatic carbocycles. The first kappa shape index (κ1) is 24.1. The van der Waals surface area contributed by atoms with Gasteiger partial charge in [0.25, 0.3) is 0 Å². The molecule has 2 aliphatic rings. The fraction of sp³-hybridized carbons (Fsp3) is 0.731. The van der Waals surface area contributed by atoms with Crippen LogP contribution in [0.3, 0.4) is 0 Å². The summed E-state index contributed by atoms with van der Waals surface area (Å²) in [5.74, 6) is 1.55. The summed E-state index contributed by atoms with van der Waals surface area (Å²) in [6.07, 6.45) is 4.80. The van der Waals surface area contributed by atoms with E-state index in [1.165, 1.54) is 24.0 Å². The van der Waals surface area contributed by atoms with Crippen LogP contribution in [0.1, 0.15) is 64.5 Å².